The third kappa shape index (κ3) is 5.34. The molecule has 0 radical (unpaired) electrons. The molecule has 2 amide bonds. The van der Waals surface area contributed by atoms with Gasteiger partial charge in [-0.15, -0.1) is 0 Å². The number of nitrogens with one attached hydrogen (secondary N) is 3. The molecule has 1 aromatic heterocycles. The Kier molecular flexibility index (Phi) is 6.10. The van der Waals surface area contributed by atoms with Crippen LogP contribution in [-0.4, -0.2) is 29.2 Å². The van der Waals surface area contributed by atoms with E-state index in [0.717, 1.165) is 22.6 Å². The van der Waals surface area contributed by atoms with Crippen molar-refractivity contribution in [2.45, 2.75) is 19.9 Å². The second kappa shape index (κ2) is 8.89. The molecule has 0 saturated heterocycles. The summed E-state index contributed by atoms with van der Waals surface area (Å²) in [5.74, 6) is 1.51. The molecule has 3 rings (SSSR count). The van der Waals surface area contributed by atoms with E-state index < -0.39 is 0 Å². The van der Waals surface area contributed by atoms with Gasteiger partial charge in [-0.25, -0.2) is 9.78 Å². The summed E-state index contributed by atoms with van der Waals surface area (Å²) in [6.07, 6.45) is 1.77. The number of aromatic nitrogens is 2. The largest absolute Gasteiger partial charge is 0.492 e. The molecule has 0 saturated carbocycles. The topological polar surface area (TPSA) is 79.0 Å². The first-order chi connectivity index (χ1) is 13.1. The highest BCUT2D eigenvalue weighted by Gasteiger charge is 2.13. The maximum atomic E-state index is 12.0. The molecule has 6 heteroatoms. The Morgan fingerprint density at radius 2 is 2.00 bits per heavy atom. The van der Waals surface area contributed by atoms with Gasteiger partial charge >= 0.3 is 6.03 Å². The molecule has 6 nitrogen and oxygen atoms in total. The maximum Gasteiger partial charge on any atom is 0.315 e. The van der Waals surface area contributed by atoms with E-state index in [1.165, 1.54) is 0 Å². The van der Waals surface area contributed by atoms with Crippen LogP contribution in [0.2, 0.25) is 0 Å². The number of aryl methyl sites for hydroxylation is 1. The number of urea groups is 1. The van der Waals surface area contributed by atoms with Crippen molar-refractivity contribution in [3.05, 3.63) is 72.2 Å². The number of carbonyl (C=O) groups is 1. The van der Waals surface area contributed by atoms with Gasteiger partial charge in [0.2, 0.25) is 0 Å². The van der Waals surface area contributed by atoms with Crippen LogP contribution in [0.4, 0.5) is 4.79 Å². The summed E-state index contributed by atoms with van der Waals surface area (Å²) in [4.78, 5) is 19.7. The lowest BCUT2D eigenvalue weighted by Gasteiger charge is -2.13. The minimum absolute atomic E-state index is 0.236. The van der Waals surface area contributed by atoms with Crippen molar-refractivity contribution in [2.24, 2.45) is 0 Å². The van der Waals surface area contributed by atoms with Gasteiger partial charge in [-0.2, -0.15) is 0 Å². The Labute approximate surface area is 159 Å². The molecule has 3 aromatic rings. The van der Waals surface area contributed by atoms with Gasteiger partial charge in [0, 0.05) is 0 Å². The molecule has 0 aliphatic heterocycles. The number of carbonyl (C=O) groups excluding carboxylic acids is 1. The zero-order chi connectivity index (χ0) is 19.1. The highest BCUT2D eigenvalue weighted by atomic mass is 16.5. The maximum absolute atomic E-state index is 12.0. The van der Waals surface area contributed by atoms with E-state index in [1.54, 1.807) is 6.20 Å². The molecule has 0 spiro atoms. The number of amides is 2. The summed E-state index contributed by atoms with van der Waals surface area (Å²) in [6, 6.07) is 17.3. The van der Waals surface area contributed by atoms with Crippen LogP contribution in [0, 0.1) is 6.92 Å². The Balaban J connectivity index is 1.43. The summed E-state index contributed by atoms with van der Waals surface area (Å²) >= 11 is 0. The smallest absolute Gasteiger partial charge is 0.315 e. The summed E-state index contributed by atoms with van der Waals surface area (Å²) in [5.41, 5.74) is 3.12. The standard InChI is InChI=1S/C21H24N4O2/c1-15-7-6-10-18(13-15)27-12-11-22-21(26)24-16(2)20-23-14-19(25-20)17-8-4-3-5-9-17/h3-10,13-14,16H,11-12H2,1-2H3,(H,23,25)(H2,22,24,26)/t16-/m1/s1. The highest BCUT2D eigenvalue weighted by molar-refractivity contribution is 5.74. The molecule has 0 bridgehead atoms. The number of aromatic amines is 1. The van der Waals surface area contributed by atoms with Crippen LogP contribution in [0.1, 0.15) is 24.4 Å². The first-order valence-corrected chi connectivity index (χ1v) is 8.96. The van der Waals surface area contributed by atoms with E-state index in [9.17, 15) is 4.79 Å². The van der Waals surface area contributed by atoms with Crippen LogP contribution in [0.15, 0.2) is 60.8 Å². The minimum atomic E-state index is -0.256. The van der Waals surface area contributed by atoms with Crippen LogP contribution in [0.5, 0.6) is 5.75 Å². The predicted octanol–water partition coefficient (Wildman–Crippen LogP) is 3.82. The van der Waals surface area contributed by atoms with Gasteiger partial charge in [0.1, 0.15) is 18.2 Å². The lowest BCUT2D eigenvalue weighted by molar-refractivity contribution is 0.233. The second-order valence-electron chi connectivity index (χ2n) is 6.34. The van der Waals surface area contributed by atoms with Gasteiger partial charge in [0.15, 0.2) is 0 Å². The van der Waals surface area contributed by atoms with Crippen molar-refractivity contribution >= 4 is 6.03 Å². The zero-order valence-electron chi connectivity index (χ0n) is 15.5. The molecule has 1 heterocycles. The Morgan fingerprint density at radius 1 is 1.19 bits per heavy atom. The van der Waals surface area contributed by atoms with Gasteiger partial charge in [-0.1, -0.05) is 42.5 Å². The van der Waals surface area contributed by atoms with Crippen molar-refractivity contribution in [2.75, 3.05) is 13.2 Å². The number of ether oxygens (including phenoxy) is 1. The van der Waals surface area contributed by atoms with Crippen molar-refractivity contribution in [1.29, 1.82) is 0 Å². The van der Waals surface area contributed by atoms with Gasteiger partial charge in [0.05, 0.1) is 24.5 Å². The van der Waals surface area contributed by atoms with Crippen molar-refractivity contribution in [1.82, 2.24) is 20.6 Å². The molecule has 27 heavy (non-hydrogen) atoms. The first-order valence-electron chi connectivity index (χ1n) is 8.96. The van der Waals surface area contributed by atoms with Gasteiger partial charge < -0.3 is 20.4 Å². The van der Waals surface area contributed by atoms with Crippen LogP contribution < -0.4 is 15.4 Å². The van der Waals surface area contributed by atoms with E-state index in [0.29, 0.717) is 19.0 Å². The lowest BCUT2D eigenvalue weighted by atomic mass is 10.2. The number of rotatable bonds is 7. The fraction of sp³-hybridized carbons (Fsp3) is 0.238. The molecular weight excluding hydrogens is 340 g/mol. The number of H-pyrrole nitrogens is 1. The Morgan fingerprint density at radius 3 is 2.78 bits per heavy atom. The zero-order valence-corrected chi connectivity index (χ0v) is 15.5. The molecule has 0 fully saturated rings. The number of imidazole rings is 1. The summed E-state index contributed by atoms with van der Waals surface area (Å²) < 4.78 is 5.62. The summed E-state index contributed by atoms with van der Waals surface area (Å²) in [6.45, 7) is 4.72. The number of hydrogen-bond acceptors (Lipinski definition) is 3. The molecular formula is C21H24N4O2. The Hall–Kier alpha value is -3.28. The fourth-order valence-electron chi connectivity index (χ4n) is 2.68. The SMILES string of the molecule is Cc1cccc(OCCNC(=O)N[C@H](C)c2ncc(-c3ccccc3)[nH]2)c1. The van der Waals surface area contributed by atoms with Crippen molar-refractivity contribution in [3.8, 4) is 17.0 Å². The molecule has 0 aliphatic carbocycles. The number of benzene rings is 2. The van der Waals surface area contributed by atoms with E-state index in [4.69, 9.17) is 4.74 Å². The van der Waals surface area contributed by atoms with Crippen LogP contribution in [-0.2, 0) is 0 Å². The van der Waals surface area contributed by atoms with Gasteiger partial charge in [-0.05, 0) is 37.1 Å². The lowest BCUT2D eigenvalue weighted by Crippen LogP contribution is -2.39. The molecule has 2 aromatic carbocycles. The quantitative estimate of drug-likeness (QED) is 0.558. The average Bonchev–Trinajstić information content (AvgIpc) is 3.16. The number of hydrogen-bond donors (Lipinski definition) is 3. The molecule has 1 atom stereocenters. The van der Waals surface area contributed by atoms with Crippen molar-refractivity contribution < 1.29 is 9.53 Å². The van der Waals surface area contributed by atoms with E-state index in [2.05, 4.69) is 20.6 Å². The minimum Gasteiger partial charge on any atom is -0.492 e. The van der Waals surface area contributed by atoms with Crippen molar-refractivity contribution in [3.63, 3.8) is 0 Å². The second-order valence-corrected chi connectivity index (χ2v) is 6.34. The predicted molar refractivity (Wildman–Crippen MR) is 106 cm³/mol. The average molecular weight is 364 g/mol. The molecule has 140 valence electrons. The summed E-state index contributed by atoms with van der Waals surface area (Å²) in [7, 11) is 0. The van der Waals surface area contributed by atoms with E-state index in [-0.39, 0.29) is 12.1 Å². The highest BCUT2D eigenvalue weighted by Crippen LogP contribution is 2.18. The number of nitrogens with zero attached hydrogens (tertiary/aromatic N) is 1. The third-order valence-electron chi connectivity index (χ3n) is 4.08. The van der Waals surface area contributed by atoms with Crippen LogP contribution in [0.25, 0.3) is 11.3 Å². The van der Waals surface area contributed by atoms with Crippen LogP contribution >= 0.6 is 0 Å². The normalized spacial score (nSPS) is 11.6. The van der Waals surface area contributed by atoms with Gasteiger partial charge in [0.25, 0.3) is 0 Å². The van der Waals surface area contributed by atoms with Gasteiger partial charge in [-0.3, -0.25) is 0 Å². The molecule has 0 unspecified atom stereocenters. The monoisotopic (exact) mass is 364 g/mol. The summed E-state index contributed by atoms with van der Waals surface area (Å²) in [5, 5.41) is 5.66. The molecule has 3 N–H and O–H groups in total. The van der Waals surface area contributed by atoms with E-state index in [1.807, 2.05) is 68.4 Å². The first kappa shape index (κ1) is 18.5. The van der Waals surface area contributed by atoms with Crippen LogP contribution in [0.3, 0.4) is 0 Å². The third-order valence-corrected chi connectivity index (χ3v) is 4.08. The fourth-order valence-corrected chi connectivity index (χ4v) is 2.68. The van der Waals surface area contributed by atoms with E-state index >= 15 is 0 Å². The molecule has 0 aliphatic rings. The Bertz CT molecular complexity index is 877.